The molecular weight excluding hydrogens is 412 g/mol. The highest BCUT2D eigenvalue weighted by Gasteiger charge is 2.45. The Morgan fingerprint density at radius 3 is 2.45 bits per heavy atom. The van der Waals surface area contributed by atoms with E-state index in [1.54, 1.807) is 0 Å². The molecule has 10 nitrogen and oxygen atoms in total. The lowest BCUT2D eigenvalue weighted by Crippen LogP contribution is -2.59. The van der Waals surface area contributed by atoms with Gasteiger partial charge in [0.2, 0.25) is 12.1 Å². The number of Topliss-reactive ketones (excluding diaryl/α,β-unsaturated/α-hetero) is 1. The van der Waals surface area contributed by atoms with E-state index < -0.39 is 55.4 Å². The number of hydrogen-bond donors (Lipinski definition) is 4. The van der Waals surface area contributed by atoms with Crippen molar-refractivity contribution in [2.75, 3.05) is 6.61 Å². The van der Waals surface area contributed by atoms with E-state index in [2.05, 4.69) is 21.6 Å². The minimum absolute atomic E-state index is 0.0625. The third kappa shape index (κ3) is 5.28. The van der Waals surface area contributed by atoms with Gasteiger partial charge in [0, 0.05) is 12.0 Å². The maximum atomic E-state index is 12.9. The summed E-state index contributed by atoms with van der Waals surface area (Å²) >= 11 is 0. The quantitative estimate of drug-likeness (QED) is 0.111. The number of rotatable bonds is 7. The van der Waals surface area contributed by atoms with Crippen molar-refractivity contribution in [1.29, 1.82) is 0 Å². The van der Waals surface area contributed by atoms with E-state index in [0.717, 1.165) is 12.8 Å². The maximum absolute atomic E-state index is 12.9. The van der Waals surface area contributed by atoms with Gasteiger partial charge in [-0.3, -0.25) is 4.79 Å². The lowest BCUT2D eigenvalue weighted by molar-refractivity contribution is -0.285. The zero-order valence-corrected chi connectivity index (χ0v) is 16.8. The Labute approximate surface area is 178 Å². The summed E-state index contributed by atoms with van der Waals surface area (Å²) in [7, 11) is 0. The standard InChI is InChI=1S/C21H24O10/c1-2-3-4-5-7-11-12(15(23)21-30-31-21)8-6-9-13(11)19(27)29-20-18(26)17(25)16(24)14(10-22)28-20/h6,8-9,14,16-18,20-22,24-26H,2-4,10H2,1H3/t14-,16-,17+,18-,20?/m1/s1. The molecule has 2 fully saturated rings. The van der Waals surface area contributed by atoms with Crippen LogP contribution in [-0.2, 0) is 19.2 Å². The van der Waals surface area contributed by atoms with Gasteiger partial charge in [0.1, 0.15) is 24.4 Å². The average molecular weight is 436 g/mol. The van der Waals surface area contributed by atoms with Crippen molar-refractivity contribution in [3.05, 3.63) is 34.9 Å². The molecule has 0 aliphatic carbocycles. The molecule has 0 radical (unpaired) electrons. The fourth-order valence-corrected chi connectivity index (χ4v) is 3.05. The van der Waals surface area contributed by atoms with Gasteiger partial charge in [-0.2, -0.15) is 9.78 Å². The number of esters is 1. The second-order valence-corrected chi connectivity index (χ2v) is 7.12. The molecule has 2 saturated heterocycles. The van der Waals surface area contributed by atoms with Crippen LogP contribution in [0.4, 0.5) is 0 Å². The van der Waals surface area contributed by atoms with Gasteiger partial charge in [-0.1, -0.05) is 31.3 Å². The third-order valence-electron chi connectivity index (χ3n) is 4.90. The first kappa shape index (κ1) is 23.3. The van der Waals surface area contributed by atoms with E-state index in [4.69, 9.17) is 9.47 Å². The van der Waals surface area contributed by atoms with Crippen LogP contribution in [-0.4, -0.2) is 75.8 Å². The number of ketones is 1. The fraction of sp³-hybridized carbons (Fsp3) is 0.524. The van der Waals surface area contributed by atoms with Gasteiger partial charge >= 0.3 is 5.97 Å². The number of hydrogen-bond acceptors (Lipinski definition) is 10. The summed E-state index contributed by atoms with van der Waals surface area (Å²) in [5.41, 5.74) is 0.152. The van der Waals surface area contributed by atoms with Crippen LogP contribution in [0.5, 0.6) is 0 Å². The van der Waals surface area contributed by atoms with Crippen molar-refractivity contribution in [2.45, 2.75) is 63.2 Å². The van der Waals surface area contributed by atoms with Gasteiger partial charge in [-0.15, -0.1) is 0 Å². The minimum Gasteiger partial charge on any atom is -0.429 e. The molecule has 31 heavy (non-hydrogen) atoms. The summed E-state index contributed by atoms with van der Waals surface area (Å²) in [5, 5.41) is 39.1. The van der Waals surface area contributed by atoms with Crippen molar-refractivity contribution in [3.63, 3.8) is 0 Å². The van der Waals surface area contributed by atoms with Gasteiger partial charge in [0.15, 0.2) is 0 Å². The molecule has 2 aliphatic heterocycles. The Hall–Kier alpha value is -2.36. The molecule has 3 rings (SSSR count). The van der Waals surface area contributed by atoms with Crippen LogP contribution in [0.15, 0.2) is 18.2 Å². The van der Waals surface area contributed by atoms with Gasteiger partial charge in [-0.05, 0) is 18.6 Å². The highest BCUT2D eigenvalue weighted by atomic mass is 17.4. The molecule has 0 saturated carbocycles. The first-order chi connectivity index (χ1) is 14.9. The molecule has 1 unspecified atom stereocenters. The molecule has 4 N–H and O–H groups in total. The minimum atomic E-state index is -1.75. The predicted molar refractivity (Wildman–Crippen MR) is 102 cm³/mol. The highest BCUT2D eigenvalue weighted by molar-refractivity contribution is 6.05. The van der Waals surface area contributed by atoms with Crippen LogP contribution < -0.4 is 0 Å². The summed E-state index contributed by atoms with van der Waals surface area (Å²) in [4.78, 5) is 34.4. The second kappa shape index (κ2) is 10.3. The molecule has 2 aliphatic rings. The molecule has 0 spiro atoms. The molecule has 5 atom stereocenters. The fourth-order valence-electron chi connectivity index (χ4n) is 3.05. The zero-order valence-electron chi connectivity index (χ0n) is 16.8. The summed E-state index contributed by atoms with van der Waals surface area (Å²) < 4.78 is 10.4. The molecule has 0 amide bonds. The number of unbranched alkanes of at least 4 members (excludes halogenated alkanes) is 2. The Morgan fingerprint density at radius 1 is 1.10 bits per heavy atom. The van der Waals surface area contributed by atoms with Gasteiger partial charge < -0.3 is 29.9 Å². The number of carbonyl (C=O) groups is 2. The van der Waals surface area contributed by atoms with Gasteiger partial charge in [-0.25, -0.2) is 4.79 Å². The van der Waals surface area contributed by atoms with E-state index >= 15 is 0 Å². The molecule has 2 heterocycles. The molecule has 0 aromatic heterocycles. The van der Waals surface area contributed by atoms with Crippen molar-refractivity contribution in [1.82, 2.24) is 0 Å². The van der Waals surface area contributed by atoms with Gasteiger partial charge in [0.25, 0.3) is 6.29 Å². The first-order valence-electron chi connectivity index (χ1n) is 9.88. The smallest absolute Gasteiger partial charge is 0.341 e. The lowest BCUT2D eigenvalue weighted by atomic mass is 9.97. The molecule has 1 aromatic carbocycles. The van der Waals surface area contributed by atoms with Gasteiger partial charge in [0.05, 0.1) is 17.7 Å². The number of ether oxygens (including phenoxy) is 2. The third-order valence-corrected chi connectivity index (χ3v) is 4.90. The van der Waals surface area contributed by atoms with Crippen LogP contribution in [0, 0.1) is 11.8 Å². The van der Waals surface area contributed by atoms with Crippen molar-refractivity contribution >= 4 is 11.8 Å². The van der Waals surface area contributed by atoms with Crippen molar-refractivity contribution in [3.8, 4) is 11.8 Å². The van der Waals surface area contributed by atoms with E-state index in [9.17, 15) is 30.0 Å². The van der Waals surface area contributed by atoms with Crippen LogP contribution in [0.2, 0.25) is 0 Å². The number of carbonyl (C=O) groups excluding carboxylic acids is 2. The van der Waals surface area contributed by atoms with E-state index in [1.165, 1.54) is 18.2 Å². The molecule has 168 valence electrons. The first-order valence-corrected chi connectivity index (χ1v) is 9.88. The van der Waals surface area contributed by atoms with Crippen LogP contribution in [0.25, 0.3) is 0 Å². The summed E-state index contributed by atoms with van der Waals surface area (Å²) in [6.07, 6.45) is -6.68. The Kier molecular flexibility index (Phi) is 7.74. The number of aliphatic hydroxyl groups is 4. The molecule has 0 bridgehead atoms. The monoisotopic (exact) mass is 436 g/mol. The van der Waals surface area contributed by atoms with E-state index in [1.807, 2.05) is 6.92 Å². The largest absolute Gasteiger partial charge is 0.429 e. The van der Waals surface area contributed by atoms with Crippen LogP contribution >= 0.6 is 0 Å². The maximum Gasteiger partial charge on any atom is 0.341 e. The van der Waals surface area contributed by atoms with Crippen molar-refractivity contribution < 1.29 is 49.3 Å². The lowest BCUT2D eigenvalue weighted by Gasteiger charge is -2.39. The van der Waals surface area contributed by atoms with Crippen LogP contribution in [0.1, 0.15) is 52.5 Å². The normalized spacial score (nSPS) is 27.8. The van der Waals surface area contributed by atoms with E-state index in [-0.39, 0.29) is 16.7 Å². The topological polar surface area (TPSA) is 159 Å². The molecular formula is C21H24O10. The number of benzene rings is 1. The van der Waals surface area contributed by atoms with Crippen molar-refractivity contribution in [2.24, 2.45) is 0 Å². The number of aliphatic hydroxyl groups excluding tert-OH is 4. The zero-order chi connectivity index (χ0) is 22.5. The Morgan fingerprint density at radius 2 is 1.81 bits per heavy atom. The average Bonchev–Trinajstić information content (AvgIpc) is 3.62. The summed E-state index contributed by atoms with van der Waals surface area (Å²) in [5.74, 6) is 4.26. The van der Waals surface area contributed by atoms with Crippen LogP contribution in [0.3, 0.4) is 0 Å². The highest BCUT2D eigenvalue weighted by Crippen LogP contribution is 2.26. The Bertz CT molecular complexity index is 867. The molecule has 1 aromatic rings. The van der Waals surface area contributed by atoms with E-state index in [0.29, 0.717) is 6.42 Å². The predicted octanol–water partition coefficient (Wildman–Crippen LogP) is -0.344. The Balaban J connectivity index is 1.87. The molecule has 10 heteroatoms. The SMILES string of the molecule is CCCCC#Cc1c(C(=O)OC2O[C@H](CO)[C@@H](O)[C@H](O)[C@H]2O)cccc1C(=O)C1OO1. The summed E-state index contributed by atoms with van der Waals surface area (Å²) in [6.45, 7) is 1.34. The second-order valence-electron chi connectivity index (χ2n) is 7.12. The summed E-state index contributed by atoms with van der Waals surface area (Å²) in [6, 6.07) is 4.32.